The van der Waals surface area contributed by atoms with E-state index in [0.29, 0.717) is 23.8 Å². The number of piperidine rings is 1. The number of ether oxygens (including phenoxy) is 2. The average Bonchev–Trinajstić information content (AvgIpc) is 3.70. The first-order chi connectivity index (χ1) is 22.1. The minimum Gasteiger partial charge on any atom is -0.478 e. The van der Waals surface area contributed by atoms with Gasteiger partial charge in [-0.25, -0.2) is 14.4 Å². The highest BCUT2D eigenvalue weighted by Crippen LogP contribution is 2.33. The molecule has 0 radical (unpaired) electrons. The Kier molecular flexibility index (Phi) is 12.7. The van der Waals surface area contributed by atoms with Crippen LogP contribution >= 0.6 is 0 Å². The van der Waals surface area contributed by atoms with Crippen LogP contribution in [0.2, 0.25) is 0 Å². The van der Waals surface area contributed by atoms with E-state index in [2.05, 4.69) is 58.0 Å². The first-order valence-corrected chi connectivity index (χ1v) is 15.4. The highest BCUT2D eigenvalue weighted by atomic mass is 16.7. The van der Waals surface area contributed by atoms with Gasteiger partial charge >= 0.3 is 11.9 Å². The monoisotopic (exact) mass is 633 g/mol. The van der Waals surface area contributed by atoms with Crippen molar-refractivity contribution in [3.05, 3.63) is 76.8 Å². The third-order valence-electron chi connectivity index (χ3n) is 8.13. The van der Waals surface area contributed by atoms with E-state index in [-0.39, 0.29) is 6.29 Å². The number of aromatic nitrogens is 1. The van der Waals surface area contributed by atoms with Crippen LogP contribution in [-0.4, -0.2) is 97.4 Å². The van der Waals surface area contributed by atoms with Crippen molar-refractivity contribution in [3.8, 4) is 0 Å². The van der Waals surface area contributed by atoms with Gasteiger partial charge in [0.1, 0.15) is 0 Å². The molecule has 3 aromatic rings. The summed E-state index contributed by atoms with van der Waals surface area (Å²) in [5, 5.41) is 21.3. The van der Waals surface area contributed by atoms with Crippen LogP contribution in [0, 0.1) is 12.5 Å². The molecule has 0 bridgehead atoms. The number of likely N-dealkylation sites (tertiary alicyclic amines) is 1. The Morgan fingerprint density at radius 3 is 2.24 bits per heavy atom. The molecule has 3 heterocycles. The number of aryl methyl sites for hydroxylation is 1. The van der Waals surface area contributed by atoms with Gasteiger partial charge in [-0.3, -0.25) is 4.90 Å². The van der Waals surface area contributed by atoms with E-state index >= 15 is 0 Å². The van der Waals surface area contributed by atoms with Crippen LogP contribution in [0.1, 0.15) is 36.1 Å². The van der Waals surface area contributed by atoms with E-state index < -0.39 is 11.9 Å². The third kappa shape index (κ3) is 10.1. The third-order valence-corrected chi connectivity index (χ3v) is 8.13. The molecule has 12 heteroatoms. The van der Waals surface area contributed by atoms with Crippen LogP contribution < -0.4 is 4.90 Å². The zero-order chi connectivity index (χ0) is 33.1. The van der Waals surface area contributed by atoms with Crippen molar-refractivity contribution in [2.75, 3.05) is 58.9 Å². The molecule has 0 atom stereocenters. The molecular weight excluding hydrogens is 590 g/mol. The highest BCUT2D eigenvalue weighted by Gasteiger charge is 2.25. The lowest BCUT2D eigenvalue weighted by molar-refractivity contribution is -0.134. The van der Waals surface area contributed by atoms with Crippen LogP contribution in [0.3, 0.4) is 0 Å². The van der Waals surface area contributed by atoms with E-state index in [1.807, 2.05) is 24.3 Å². The lowest BCUT2D eigenvalue weighted by atomic mass is 9.91. The molecule has 0 unspecified atom stereocenters. The van der Waals surface area contributed by atoms with E-state index in [1.54, 1.807) is 0 Å². The van der Waals surface area contributed by atoms with Gasteiger partial charge in [-0.15, -0.1) is 0 Å². The molecule has 0 aliphatic carbocycles. The van der Waals surface area contributed by atoms with E-state index in [9.17, 15) is 9.59 Å². The predicted octanol–water partition coefficient (Wildman–Crippen LogP) is 4.81. The predicted molar refractivity (Wildman–Crippen MR) is 174 cm³/mol. The van der Waals surface area contributed by atoms with Crippen molar-refractivity contribution in [2.24, 2.45) is 5.92 Å². The molecule has 2 aliphatic rings. The van der Waals surface area contributed by atoms with Gasteiger partial charge in [0, 0.05) is 55.5 Å². The summed E-state index contributed by atoms with van der Waals surface area (Å²) >= 11 is 0. The SMILES string of the molecule is O=C(O)/C=C/C(=O)O.[C-]#[N+]c1ccc(CN(C)c2ccc3c(CCC4CCN(CC5OCCO5)CC4)noc3c2CN(C)C)cc1. The summed E-state index contributed by atoms with van der Waals surface area (Å²) in [7, 11) is 6.28. The standard InChI is InChI=1S/C30H39N5O3.C4H4O4/c1-31-24-8-5-23(6-9-24)19-34(4)28-12-10-25-27(32-38-30(25)26(28)20-33(2)3)11-7-22-13-15-35(16-14-22)21-29-36-17-18-37-29;5-3(6)1-2-4(7)8/h5-6,8-10,12,22,29H,7,11,13-21H2,2-4H3;1-2H,(H,5,6)(H,7,8)/b;2-1+. The molecule has 2 saturated heterocycles. The quantitative estimate of drug-likeness (QED) is 0.210. The number of anilines is 1. The Hall–Kier alpha value is -4.28. The molecule has 2 fully saturated rings. The fraction of sp³-hybridized carbons (Fsp3) is 0.471. The maximum Gasteiger partial charge on any atom is 0.328 e. The Labute approximate surface area is 269 Å². The van der Waals surface area contributed by atoms with Crippen molar-refractivity contribution in [1.82, 2.24) is 15.0 Å². The molecule has 12 nitrogen and oxygen atoms in total. The number of hydrogen-bond donors (Lipinski definition) is 2. The maximum absolute atomic E-state index is 9.55. The summed E-state index contributed by atoms with van der Waals surface area (Å²) in [5.74, 6) is -1.80. The first kappa shape index (κ1) is 34.6. The van der Waals surface area contributed by atoms with Gasteiger partial charge in [0.05, 0.1) is 25.5 Å². The zero-order valence-electron chi connectivity index (χ0n) is 26.7. The van der Waals surface area contributed by atoms with Gasteiger partial charge in [0.15, 0.2) is 17.6 Å². The molecule has 246 valence electrons. The number of carboxylic acids is 2. The van der Waals surface area contributed by atoms with Gasteiger partial charge < -0.3 is 34.0 Å². The van der Waals surface area contributed by atoms with Gasteiger partial charge in [0.25, 0.3) is 0 Å². The van der Waals surface area contributed by atoms with Gasteiger partial charge in [-0.2, -0.15) is 0 Å². The number of hydrogen-bond acceptors (Lipinski definition) is 9. The summed E-state index contributed by atoms with van der Waals surface area (Å²) in [6, 6.07) is 12.2. The second-order valence-electron chi connectivity index (χ2n) is 11.9. The zero-order valence-corrected chi connectivity index (χ0v) is 26.7. The Bertz CT molecular complexity index is 1500. The van der Waals surface area contributed by atoms with Gasteiger partial charge in [0.2, 0.25) is 0 Å². The fourth-order valence-corrected chi connectivity index (χ4v) is 5.81. The Morgan fingerprint density at radius 1 is 1.00 bits per heavy atom. The van der Waals surface area contributed by atoms with Crippen molar-refractivity contribution in [1.29, 1.82) is 0 Å². The van der Waals surface area contributed by atoms with Crippen LogP contribution in [0.4, 0.5) is 11.4 Å². The molecule has 46 heavy (non-hydrogen) atoms. The normalized spacial score (nSPS) is 16.1. The maximum atomic E-state index is 9.55. The first-order valence-electron chi connectivity index (χ1n) is 15.4. The molecular formula is C34H43N5O7. The largest absolute Gasteiger partial charge is 0.478 e. The van der Waals surface area contributed by atoms with Crippen molar-refractivity contribution < 1.29 is 33.8 Å². The molecule has 0 spiro atoms. The molecule has 2 N–H and O–H groups in total. The highest BCUT2D eigenvalue weighted by molar-refractivity contribution is 5.89. The number of fused-ring (bicyclic) bond motifs is 1. The Balaban J connectivity index is 0.000000533. The van der Waals surface area contributed by atoms with Gasteiger partial charge in [-0.05, 0) is 76.5 Å². The minimum absolute atomic E-state index is 0.0430. The van der Waals surface area contributed by atoms with Gasteiger partial charge in [-0.1, -0.05) is 29.4 Å². The van der Waals surface area contributed by atoms with Crippen molar-refractivity contribution in [3.63, 3.8) is 0 Å². The summed E-state index contributed by atoms with van der Waals surface area (Å²) in [4.78, 5) is 29.5. The summed E-state index contributed by atoms with van der Waals surface area (Å²) in [6.07, 6.45) is 5.57. The minimum atomic E-state index is -1.26. The van der Waals surface area contributed by atoms with E-state index in [4.69, 9.17) is 30.8 Å². The lowest BCUT2D eigenvalue weighted by Crippen LogP contribution is -2.39. The summed E-state index contributed by atoms with van der Waals surface area (Å²) in [5.41, 5.74) is 6.11. The number of aliphatic carboxylic acids is 2. The number of carboxylic acid groups (broad SMARTS) is 2. The summed E-state index contributed by atoms with van der Waals surface area (Å²) < 4.78 is 17.2. The second-order valence-corrected chi connectivity index (χ2v) is 11.9. The number of carbonyl (C=O) groups is 2. The van der Waals surface area contributed by atoms with Crippen LogP contribution in [0.5, 0.6) is 0 Å². The lowest BCUT2D eigenvalue weighted by Gasteiger charge is -2.32. The van der Waals surface area contributed by atoms with Crippen LogP contribution in [0.15, 0.2) is 53.1 Å². The molecule has 0 amide bonds. The number of rotatable bonds is 12. The summed E-state index contributed by atoms with van der Waals surface area (Å²) in [6.45, 7) is 13.2. The fourth-order valence-electron chi connectivity index (χ4n) is 5.81. The van der Waals surface area contributed by atoms with Crippen LogP contribution in [-0.2, 0) is 38.6 Å². The second kappa shape index (κ2) is 16.9. The molecule has 0 saturated carbocycles. The molecule has 2 aliphatic heterocycles. The van der Waals surface area contributed by atoms with E-state index in [0.717, 1.165) is 86.7 Å². The smallest absolute Gasteiger partial charge is 0.328 e. The number of nitrogens with zero attached hydrogens (tertiary/aromatic N) is 5. The van der Waals surface area contributed by atoms with Crippen LogP contribution in [0.25, 0.3) is 15.8 Å². The van der Waals surface area contributed by atoms with E-state index in [1.165, 1.54) is 18.4 Å². The Morgan fingerprint density at radius 2 is 1.65 bits per heavy atom. The molecule has 2 aromatic carbocycles. The average molecular weight is 634 g/mol. The molecule has 5 rings (SSSR count). The van der Waals surface area contributed by atoms with Crippen molar-refractivity contribution >= 4 is 34.3 Å². The number of benzene rings is 2. The van der Waals surface area contributed by atoms with Crippen molar-refractivity contribution in [2.45, 2.75) is 45.1 Å². The molecule has 1 aromatic heterocycles. The topological polar surface area (TPSA) is 133 Å².